The number of alkyl halides is 1. The van der Waals surface area contributed by atoms with E-state index in [0.717, 1.165) is 28.4 Å². The van der Waals surface area contributed by atoms with E-state index in [1.54, 1.807) is 0 Å². The third kappa shape index (κ3) is 3.32. The Kier molecular flexibility index (Phi) is 4.91. The monoisotopic (exact) mass is 343 g/mol. The van der Waals surface area contributed by atoms with Crippen molar-refractivity contribution in [3.05, 3.63) is 33.8 Å². The first-order valence-corrected chi connectivity index (χ1v) is 8.00. The topological polar surface area (TPSA) is 29.1 Å². The van der Waals surface area contributed by atoms with E-state index in [-0.39, 0.29) is 11.3 Å². The van der Waals surface area contributed by atoms with Gasteiger partial charge in [-0.1, -0.05) is 34.8 Å². The Morgan fingerprint density at radius 2 is 2.11 bits per heavy atom. The van der Waals surface area contributed by atoms with Crippen molar-refractivity contribution in [3.63, 3.8) is 0 Å². The summed E-state index contributed by atoms with van der Waals surface area (Å²) in [6.07, 6.45) is 4.68. The lowest BCUT2D eigenvalue weighted by molar-refractivity contribution is 0.0934. The number of benzene rings is 1. The lowest BCUT2D eigenvalue weighted by atomic mass is 9.88. The Morgan fingerprint density at radius 1 is 1.42 bits per heavy atom. The van der Waals surface area contributed by atoms with Gasteiger partial charge in [0, 0.05) is 27.9 Å². The third-order valence-corrected chi connectivity index (χ3v) is 5.51. The van der Waals surface area contributed by atoms with Gasteiger partial charge in [-0.2, -0.15) is 0 Å². The van der Waals surface area contributed by atoms with Crippen LogP contribution in [0.2, 0.25) is 0 Å². The van der Waals surface area contributed by atoms with Crippen LogP contribution in [0.25, 0.3) is 0 Å². The van der Waals surface area contributed by atoms with Gasteiger partial charge in [-0.3, -0.25) is 4.79 Å². The zero-order valence-electron chi connectivity index (χ0n) is 11.1. The number of carbonyl (C=O) groups is 1. The fourth-order valence-corrected chi connectivity index (χ4v) is 3.43. The maximum absolute atomic E-state index is 12.3. The first-order valence-electron chi connectivity index (χ1n) is 6.67. The minimum Gasteiger partial charge on any atom is -0.351 e. The molecule has 1 aliphatic rings. The van der Waals surface area contributed by atoms with Crippen molar-refractivity contribution < 1.29 is 4.79 Å². The smallest absolute Gasteiger partial charge is 0.251 e. The molecule has 1 aliphatic carbocycles. The molecule has 0 aliphatic heterocycles. The number of halogens is 2. The van der Waals surface area contributed by atoms with Crippen LogP contribution < -0.4 is 5.32 Å². The van der Waals surface area contributed by atoms with Crippen molar-refractivity contribution in [1.82, 2.24) is 5.32 Å². The average molecular weight is 345 g/mol. The van der Waals surface area contributed by atoms with Gasteiger partial charge < -0.3 is 5.32 Å². The normalized spacial score (nSPS) is 17.4. The summed E-state index contributed by atoms with van der Waals surface area (Å²) < 4.78 is 0.966. The van der Waals surface area contributed by atoms with Gasteiger partial charge in [0.2, 0.25) is 0 Å². The predicted molar refractivity (Wildman–Crippen MR) is 82.8 cm³/mol. The van der Waals surface area contributed by atoms with E-state index >= 15 is 0 Å². The van der Waals surface area contributed by atoms with Gasteiger partial charge in [0.15, 0.2) is 0 Å². The lowest BCUT2D eigenvalue weighted by Gasteiger charge is -2.26. The summed E-state index contributed by atoms with van der Waals surface area (Å²) in [5.41, 5.74) is 1.82. The summed E-state index contributed by atoms with van der Waals surface area (Å²) in [6.45, 7) is 2.63. The largest absolute Gasteiger partial charge is 0.351 e. The fourth-order valence-electron chi connectivity index (χ4n) is 2.70. The molecule has 1 amide bonds. The first-order chi connectivity index (χ1) is 9.08. The molecule has 104 valence electrons. The Hall–Kier alpha value is -0.540. The van der Waals surface area contributed by atoms with Crippen LogP contribution in [0.3, 0.4) is 0 Å². The zero-order chi connectivity index (χ0) is 13.9. The van der Waals surface area contributed by atoms with Crippen molar-refractivity contribution in [1.29, 1.82) is 0 Å². The highest BCUT2D eigenvalue weighted by atomic mass is 79.9. The molecule has 0 unspecified atom stereocenters. The van der Waals surface area contributed by atoms with Gasteiger partial charge >= 0.3 is 0 Å². The third-order valence-electron chi connectivity index (χ3n) is 4.08. The number of amides is 1. The molecular weight excluding hydrogens is 326 g/mol. The van der Waals surface area contributed by atoms with E-state index in [4.69, 9.17) is 11.6 Å². The molecule has 0 radical (unpaired) electrons. The Morgan fingerprint density at radius 3 is 2.74 bits per heavy atom. The Labute approximate surface area is 128 Å². The second kappa shape index (κ2) is 6.27. The summed E-state index contributed by atoms with van der Waals surface area (Å²) in [5, 5.41) is 3.06. The van der Waals surface area contributed by atoms with Crippen molar-refractivity contribution in [2.75, 3.05) is 12.4 Å². The SMILES string of the molecule is Cc1c(Br)cccc1C(=O)NCC1(CCl)CCCC1. The van der Waals surface area contributed by atoms with Gasteiger partial charge in [-0.05, 0) is 37.5 Å². The molecular formula is C15H19BrClNO. The van der Waals surface area contributed by atoms with Gasteiger partial charge in [0.05, 0.1) is 0 Å². The Balaban J connectivity index is 2.03. The second-order valence-electron chi connectivity index (χ2n) is 5.44. The van der Waals surface area contributed by atoms with E-state index in [2.05, 4.69) is 21.2 Å². The number of hydrogen-bond donors (Lipinski definition) is 1. The minimum atomic E-state index is -0.00445. The fraction of sp³-hybridized carbons (Fsp3) is 0.533. The molecule has 0 spiro atoms. The van der Waals surface area contributed by atoms with Crippen molar-refractivity contribution >= 4 is 33.4 Å². The van der Waals surface area contributed by atoms with Crippen LogP contribution >= 0.6 is 27.5 Å². The standard InChI is InChI=1S/C15H19BrClNO/c1-11-12(5-4-6-13(11)16)14(19)18-10-15(9-17)7-2-3-8-15/h4-6H,2-3,7-10H2,1H3,(H,18,19). The van der Waals surface area contributed by atoms with Gasteiger partial charge in [0.25, 0.3) is 5.91 Å². The van der Waals surface area contributed by atoms with Crippen molar-refractivity contribution in [3.8, 4) is 0 Å². The van der Waals surface area contributed by atoms with Crippen LogP contribution in [0.5, 0.6) is 0 Å². The predicted octanol–water partition coefficient (Wildman–Crippen LogP) is 4.29. The number of carbonyl (C=O) groups excluding carboxylic acids is 1. The van der Waals surface area contributed by atoms with E-state index in [1.807, 2.05) is 25.1 Å². The molecule has 1 fully saturated rings. The highest BCUT2D eigenvalue weighted by molar-refractivity contribution is 9.10. The van der Waals surface area contributed by atoms with Gasteiger partial charge in [0.1, 0.15) is 0 Å². The molecule has 4 heteroatoms. The minimum absolute atomic E-state index is 0.00445. The molecule has 0 aromatic heterocycles. The summed E-state index contributed by atoms with van der Waals surface area (Å²) in [7, 11) is 0. The van der Waals surface area contributed by atoms with Crippen LogP contribution in [-0.2, 0) is 0 Å². The summed E-state index contributed by atoms with van der Waals surface area (Å²) >= 11 is 9.55. The molecule has 1 aromatic carbocycles. The molecule has 19 heavy (non-hydrogen) atoms. The number of hydrogen-bond acceptors (Lipinski definition) is 1. The van der Waals surface area contributed by atoms with Crippen LogP contribution in [0.4, 0.5) is 0 Å². The molecule has 0 heterocycles. The number of nitrogens with one attached hydrogen (secondary N) is 1. The Bertz CT molecular complexity index is 469. The second-order valence-corrected chi connectivity index (χ2v) is 6.56. The molecule has 2 rings (SSSR count). The molecule has 0 saturated heterocycles. The lowest BCUT2D eigenvalue weighted by Crippen LogP contribution is -2.37. The van der Waals surface area contributed by atoms with Crippen molar-refractivity contribution in [2.45, 2.75) is 32.6 Å². The van der Waals surface area contributed by atoms with Gasteiger partial charge in [-0.15, -0.1) is 11.6 Å². The quantitative estimate of drug-likeness (QED) is 0.811. The molecule has 0 atom stereocenters. The van der Waals surface area contributed by atoms with E-state index in [0.29, 0.717) is 12.4 Å². The van der Waals surface area contributed by atoms with Crippen LogP contribution in [0.1, 0.15) is 41.6 Å². The first kappa shape index (κ1) is 14.9. The highest BCUT2D eigenvalue weighted by Crippen LogP contribution is 2.38. The highest BCUT2D eigenvalue weighted by Gasteiger charge is 2.33. The van der Waals surface area contributed by atoms with E-state index in [1.165, 1.54) is 12.8 Å². The number of rotatable bonds is 4. The summed E-state index contributed by atoms with van der Waals surface area (Å²) in [4.78, 5) is 12.3. The van der Waals surface area contributed by atoms with Crippen molar-refractivity contribution in [2.24, 2.45) is 5.41 Å². The maximum Gasteiger partial charge on any atom is 0.251 e. The van der Waals surface area contributed by atoms with Crippen LogP contribution in [0.15, 0.2) is 22.7 Å². The zero-order valence-corrected chi connectivity index (χ0v) is 13.5. The molecule has 1 N–H and O–H groups in total. The van der Waals surface area contributed by atoms with Gasteiger partial charge in [-0.25, -0.2) is 0 Å². The van der Waals surface area contributed by atoms with E-state index in [9.17, 15) is 4.79 Å². The molecule has 0 bridgehead atoms. The molecule has 2 nitrogen and oxygen atoms in total. The average Bonchev–Trinajstić information content (AvgIpc) is 2.89. The summed E-state index contributed by atoms with van der Waals surface area (Å²) in [5.74, 6) is 0.625. The van der Waals surface area contributed by atoms with Crippen LogP contribution in [0, 0.1) is 12.3 Å². The molecule has 1 aromatic rings. The van der Waals surface area contributed by atoms with E-state index < -0.39 is 0 Å². The summed E-state index contributed by atoms with van der Waals surface area (Å²) in [6, 6.07) is 5.69. The van der Waals surface area contributed by atoms with Crippen LogP contribution in [-0.4, -0.2) is 18.3 Å². The maximum atomic E-state index is 12.3. The molecule has 1 saturated carbocycles.